The molecular weight excluding hydrogens is 184 g/mol. The van der Waals surface area contributed by atoms with Crippen molar-refractivity contribution in [3.05, 3.63) is 0 Å². The van der Waals surface area contributed by atoms with E-state index in [1.807, 2.05) is 16.7 Å². The van der Waals surface area contributed by atoms with Crippen LogP contribution in [0.4, 0.5) is 0 Å². The van der Waals surface area contributed by atoms with Gasteiger partial charge < -0.3 is 10.6 Å². The van der Waals surface area contributed by atoms with Gasteiger partial charge in [0.05, 0.1) is 6.04 Å². The van der Waals surface area contributed by atoms with Crippen LogP contribution < -0.4 is 5.73 Å². The van der Waals surface area contributed by atoms with E-state index in [9.17, 15) is 4.79 Å². The highest BCUT2D eigenvalue weighted by Crippen LogP contribution is 2.24. The van der Waals surface area contributed by atoms with Crippen LogP contribution in [0, 0.1) is 0 Å². The van der Waals surface area contributed by atoms with Crippen molar-refractivity contribution in [2.75, 3.05) is 12.3 Å². The molecule has 2 N–H and O–H groups in total. The Morgan fingerprint density at radius 1 is 1.62 bits per heavy atom. The molecule has 0 unspecified atom stereocenters. The lowest BCUT2D eigenvalue weighted by molar-refractivity contribution is -0.134. The van der Waals surface area contributed by atoms with Crippen molar-refractivity contribution in [3.8, 4) is 0 Å². The highest BCUT2D eigenvalue weighted by molar-refractivity contribution is 8.00. The molecule has 1 fully saturated rings. The minimum absolute atomic E-state index is 0.0830. The molecule has 3 nitrogen and oxygen atoms in total. The molecule has 1 aliphatic heterocycles. The molecule has 1 rings (SSSR count). The summed E-state index contributed by atoms with van der Waals surface area (Å²) in [5, 5.41) is 0.524. The number of thioether (sulfide) groups is 1. The molecule has 3 atom stereocenters. The molecule has 0 bridgehead atoms. The van der Waals surface area contributed by atoms with Crippen molar-refractivity contribution in [3.63, 3.8) is 0 Å². The Labute approximate surface area is 84.0 Å². The van der Waals surface area contributed by atoms with E-state index in [-0.39, 0.29) is 11.9 Å². The Balaban J connectivity index is 2.62. The highest BCUT2D eigenvalue weighted by Gasteiger charge is 2.29. The Bertz CT molecular complexity index is 196. The number of amides is 1. The number of rotatable bonds is 1. The van der Waals surface area contributed by atoms with Crippen LogP contribution in [0.2, 0.25) is 0 Å². The van der Waals surface area contributed by atoms with Crippen molar-refractivity contribution in [1.82, 2.24) is 4.90 Å². The quantitative estimate of drug-likeness (QED) is 0.680. The molecule has 4 heteroatoms. The van der Waals surface area contributed by atoms with Crippen LogP contribution in [0.1, 0.15) is 20.8 Å². The van der Waals surface area contributed by atoms with E-state index in [0.717, 1.165) is 12.3 Å². The average molecular weight is 202 g/mol. The molecule has 1 saturated heterocycles. The van der Waals surface area contributed by atoms with Crippen LogP contribution in [-0.2, 0) is 4.79 Å². The van der Waals surface area contributed by atoms with Crippen LogP contribution in [0.25, 0.3) is 0 Å². The van der Waals surface area contributed by atoms with Gasteiger partial charge in [-0.1, -0.05) is 6.92 Å². The van der Waals surface area contributed by atoms with Crippen molar-refractivity contribution in [2.24, 2.45) is 5.73 Å². The van der Waals surface area contributed by atoms with E-state index >= 15 is 0 Å². The zero-order chi connectivity index (χ0) is 10.0. The van der Waals surface area contributed by atoms with E-state index in [1.165, 1.54) is 0 Å². The van der Waals surface area contributed by atoms with Crippen molar-refractivity contribution >= 4 is 17.7 Å². The van der Waals surface area contributed by atoms with E-state index in [0.29, 0.717) is 11.3 Å². The molecular formula is C9H18N2OS. The van der Waals surface area contributed by atoms with E-state index in [2.05, 4.69) is 13.8 Å². The monoisotopic (exact) mass is 202 g/mol. The van der Waals surface area contributed by atoms with Crippen molar-refractivity contribution < 1.29 is 4.79 Å². The van der Waals surface area contributed by atoms with Crippen LogP contribution >= 0.6 is 11.8 Å². The molecule has 13 heavy (non-hydrogen) atoms. The maximum Gasteiger partial charge on any atom is 0.239 e. The van der Waals surface area contributed by atoms with Crippen molar-refractivity contribution in [2.45, 2.75) is 38.1 Å². The Kier molecular flexibility index (Phi) is 3.62. The van der Waals surface area contributed by atoms with Gasteiger partial charge in [0.2, 0.25) is 5.91 Å². The first-order valence-corrected chi connectivity index (χ1v) is 5.76. The maximum atomic E-state index is 11.6. The molecule has 1 amide bonds. The molecule has 0 radical (unpaired) electrons. The number of hydrogen-bond acceptors (Lipinski definition) is 3. The molecule has 0 aliphatic carbocycles. The second kappa shape index (κ2) is 4.33. The van der Waals surface area contributed by atoms with Crippen LogP contribution in [-0.4, -0.2) is 40.4 Å². The van der Waals surface area contributed by atoms with Crippen molar-refractivity contribution in [1.29, 1.82) is 0 Å². The SMILES string of the molecule is C[C@H](N)C(=O)N1CCS[C@@H](C)[C@H]1C. The lowest BCUT2D eigenvalue weighted by atomic mass is 10.2. The number of carbonyl (C=O) groups is 1. The first kappa shape index (κ1) is 10.9. The normalized spacial score (nSPS) is 31.5. The van der Waals surface area contributed by atoms with Gasteiger partial charge in [-0.05, 0) is 13.8 Å². The topological polar surface area (TPSA) is 46.3 Å². The standard InChI is InChI=1S/C9H18N2OS/c1-6(10)9(12)11-4-5-13-8(3)7(11)2/h6-8H,4-5,10H2,1-3H3/t6-,7+,8-/m0/s1. The fourth-order valence-corrected chi connectivity index (χ4v) is 2.61. The number of hydrogen-bond donors (Lipinski definition) is 1. The summed E-state index contributed by atoms with van der Waals surface area (Å²) in [7, 11) is 0. The molecule has 0 aromatic heterocycles. The van der Waals surface area contributed by atoms with Crippen LogP contribution in [0.15, 0.2) is 0 Å². The predicted octanol–water partition coefficient (Wildman–Crippen LogP) is 0.686. The fraction of sp³-hybridized carbons (Fsp3) is 0.889. The molecule has 0 spiro atoms. The summed E-state index contributed by atoms with van der Waals surface area (Å²) in [4.78, 5) is 13.6. The van der Waals surface area contributed by atoms with E-state index < -0.39 is 0 Å². The van der Waals surface area contributed by atoms with E-state index in [1.54, 1.807) is 6.92 Å². The largest absolute Gasteiger partial charge is 0.337 e. The Morgan fingerprint density at radius 3 is 2.77 bits per heavy atom. The van der Waals surface area contributed by atoms with E-state index in [4.69, 9.17) is 5.73 Å². The van der Waals surface area contributed by atoms with Gasteiger partial charge in [0.1, 0.15) is 0 Å². The second-order valence-electron chi connectivity index (χ2n) is 3.64. The third-order valence-electron chi connectivity index (χ3n) is 2.56. The van der Waals surface area contributed by atoms with Gasteiger partial charge in [0.15, 0.2) is 0 Å². The van der Waals surface area contributed by atoms with Gasteiger partial charge in [-0.3, -0.25) is 4.79 Å². The third kappa shape index (κ3) is 2.38. The summed E-state index contributed by atoms with van der Waals surface area (Å²) < 4.78 is 0. The van der Waals surface area contributed by atoms with Crippen LogP contribution in [0.5, 0.6) is 0 Å². The molecule has 0 aromatic rings. The second-order valence-corrected chi connectivity index (χ2v) is 5.12. The zero-order valence-corrected chi connectivity index (χ0v) is 9.30. The Morgan fingerprint density at radius 2 is 2.23 bits per heavy atom. The minimum atomic E-state index is -0.363. The maximum absolute atomic E-state index is 11.6. The average Bonchev–Trinajstić information content (AvgIpc) is 2.08. The van der Waals surface area contributed by atoms with Gasteiger partial charge in [0, 0.05) is 23.6 Å². The van der Waals surface area contributed by atoms with Crippen LogP contribution in [0.3, 0.4) is 0 Å². The number of nitrogens with two attached hydrogens (primary N) is 1. The number of carbonyl (C=O) groups excluding carboxylic acids is 1. The first-order valence-electron chi connectivity index (χ1n) is 4.71. The minimum Gasteiger partial charge on any atom is -0.337 e. The highest BCUT2D eigenvalue weighted by atomic mass is 32.2. The van der Waals surface area contributed by atoms with Gasteiger partial charge in [-0.2, -0.15) is 11.8 Å². The summed E-state index contributed by atoms with van der Waals surface area (Å²) in [6.45, 7) is 6.85. The first-order chi connectivity index (χ1) is 6.04. The van der Waals surface area contributed by atoms with Gasteiger partial charge >= 0.3 is 0 Å². The van der Waals surface area contributed by atoms with Gasteiger partial charge in [-0.25, -0.2) is 0 Å². The lowest BCUT2D eigenvalue weighted by Gasteiger charge is -2.38. The lowest BCUT2D eigenvalue weighted by Crippen LogP contribution is -2.52. The molecule has 0 aromatic carbocycles. The summed E-state index contributed by atoms with van der Waals surface area (Å²) in [5.41, 5.74) is 5.58. The van der Waals surface area contributed by atoms with Gasteiger partial charge in [-0.15, -0.1) is 0 Å². The molecule has 1 aliphatic rings. The molecule has 76 valence electrons. The zero-order valence-electron chi connectivity index (χ0n) is 8.49. The van der Waals surface area contributed by atoms with Gasteiger partial charge in [0.25, 0.3) is 0 Å². The summed E-state index contributed by atoms with van der Waals surface area (Å²) in [5.74, 6) is 1.11. The molecule has 0 saturated carbocycles. The number of nitrogens with zero attached hydrogens (tertiary/aromatic N) is 1. The third-order valence-corrected chi connectivity index (χ3v) is 3.89. The smallest absolute Gasteiger partial charge is 0.239 e. The fourth-order valence-electron chi connectivity index (χ4n) is 1.51. The predicted molar refractivity (Wildman–Crippen MR) is 56.7 cm³/mol. The summed E-state index contributed by atoms with van der Waals surface area (Å²) in [6, 6.07) is -0.0463. The summed E-state index contributed by atoms with van der Waals surface area (Å²) in [6.07, 6.45) is 0. The summed E-state index contributed by atoms with van der Waals surface area (Å²) >= 11 is 1.92. The molecule has 1 heterocycles. The Hall–Kier alpha value is -0.220.